The molecule has 6 nitrogen and oxygen atoms in total. The maximum absolute atomic E-state index is 13.6. The standard InChI is InChI=1S/C20H19F3N4O2/c1-11(28)14-8-26(9-14)19(29)10-27-18-5-13(6-24-17(18)7-25-27)12-2-3-16(21)15(4-12)20(22)23/h2-7,11,14,20,28H,8-10H2,1H3. The Kier molecular flexibility index (Phi) is 4.99. The number of carbonyl (C=O) groups excluding carboxylic acids is 1. The highest BCUT2D eigenvalue weighted by Crippen LogP contribution is 2.29. The fraction of sp³-hybridized carbons (Fsp3) is 0.350. The predicted molar refractivity (Wildman–Crippen MR) is 99.6 cm³/mol. The number of aromatic nitrogens is 3. The van der Waals surface area contributed by atoms with Crippen molar-refractivity contribution in [1.82, 2.24) is 19.7 Å². The van der Waals surface area contributed by atoms with E-state index in [0.717, 1.165) is 12.1 Å². The molecule has 152 valence electrons. The molecule has 0 bridgehead atoms. The Labute approximate surface area is 164 Å². The average Bonchev–Trinajstić information content (AvgIpc) is 3.02. The van der Waals surface area contributed by atoms with Crippen molar-refractivity contribution >= 4 is 16.9 Å². The second-order valence-electron chi connectivity index (χ2n) is 7.27. The smallest absolute Gasteiger partial charge is 0.266 e. The Bertz CT molecular complexity index is 1060. The highest BCUT2D eigenvalue weighted by Gasteiger charge is 2.33. The number of likely N-dealkylation sites (tertiary alicyclic amines) is 1. The van der Waals surface area contributed by atoms with Gasteiger partial charge in [0.05, 0.1) is 23.4 Å². The third-order valence-corrected chi connectivity index (χ3v) is 5.29. The maximum atomic E-state index is 13.6. The maximum Gasteiger partial charge on any atom is 0.266 e. The van der Waals surface area contributed by atoms with Crippen LogP contribution in [-0.2, 0) is 11.3 Å². The Morgan fingerprint density at radius 2 is 2.00 bits per heavy atom. The number of rotatable bonds is 5. The van der Waals surface area contributed by atoms with Crippen LogP contribution >= 0.6 is 0 Å². The molecule has 2 aromatic heterocycles. The van der Waals surface area contributed by atoms with Gasteiger partial charge in [-0.3, -0.25) is 14.5 Å². The fourth-order valence-electron chi connectivity index (χ4n) is 3.38. The second kappa shape index (κ2) is 7.47. The summed E-state index contributed by atoms with van der Waals surface area (Å²) >= 11 is 0. The van der Waals surface area contributed by atoms with Gasteiger partial charge in [0.25, 0.3) is 6.43 Å². The van der Waals surface area contributed by atoms with Crippen LogP contribution in [0.1, 0.15) is 18.9 Å². The minimum atomic E-state index is -2.92. The van der Waals surface area contributed by atoms with Gasteiger partial charge in [-0.05, 0) is 30.7 Å². The lowest BCUT2D eigenvalue weighted by Gasteiger charge is -2.40. The molecule has 1 aromatic carbocycles. The van der Waals surface area contributed by atoms with Crippen LogP contribution in [0.25, 0.3) is 22.2 Å². The number of amides is 1. The summed E-state index contributed by atoms with van der Waals surface area (Å²) in [5, 5.41) is 13.7. The number of hydrogen-bond donors (Lipinski definition) is 1. The van der Waals surface area contributed by atoms with Crippen LogP contribution < -0.4 is 0 Å². The first kappa shape index (κ1) is 19.4. The van der Waals surface area contributed by atoms with E-state index >= 15 is 0 Å². The Balaban J connectivity index is 1.59. The van der Waals surface area contributed by atoms with Gasteiger partial charge >= 0.3 is 0 Å². The van der Waals surface area contributed by atoms with E-state index < -0.39 is 23.9 Å². The van der Waals surface area contributed by atoms with E-state index in [-0.39, 0.29) is 18.4 Å². The number of carbonyl (C=O) groups is 1. The van der Waals surface area contributed by atoms with Gasteiger partial charge in [0.15, 0.2) is 0 Å². The molecule has 1 N–H and O–H groups in total. The number of benzene rings is 1. The summed E-state index contributed by atoms with van der Waals surface area (Å²) in [5.41, 5.74) is 1.38. The van der Waals surface area contributed by atoms with Gasteiger partial charge in [-0.2, -0.15) is 5.10 Å². The lowest BCUT2D eigenvalue weighted by Crippen LogP contribution is -2.54. The van der Waals surface area contributed by atoms with E-state index in [2.05, 4.69) is 10.1 Å². The number of aliphatic hydroxyl groups excluding tert-OH is 1. The summed E-state index contributed by atoms with van der Waals surface area (Å²) in [6.07, 6.45) is -0.348. The molecule has 1 aliphatic rings. The van der Waals surface area contributed by atoms with E-state index in [1.165, 1.54) is 23.1 Å². The summed E-state index contributed by atoms with van der Waals surface area (Å²) in [5.74, 6) is -0.998. The first-order chi connectivity index (χ1) is 13.8. The van der Waals surface area contributed by atoms with Crippen LogP contribution in [0, 0.1) is 11.7 Å². The van der Waals surface area contributed by atoms with Crippen molar-refractivity contribution in [3.63, 3.8) is 0 Å². The first-order valence-corrected chi connectivity index (χ1v) is 9.19. The Morgan fingerprint density at radius 1 is 1.24 bits per heavy atom. The molecule has 29 heavy (non-hydrogen) atoms. The third kappa shape index (κ3) is 3.69. The van der Waals surface area contributed by atoms with Gasteiger partial charge in [-0.1, -0.05) is 6.07 Å². The molecule has 1 aliphatic heterocycles. The van der Waals surface area contributed by atoms with E-state index in [1.54, 1.807) is 17.9 Å². The minimum absolute atomic E-state index is 0.00681. The van der Waals surface area contributed by atoms with Crippen LogP contribution in [0.2, 0.25) is 0 Å². The average molecular weight is 404 g/mol. The first-order valence-electron chi connectivity index (χ1n) is 9.19. The van der Waals surface area contributed by atoms with Crippen molar-refractivity contribution in [2.45, 2.75) is 26.0 Å². The molecular weight excluding hydrogens is 385 g/mol. The summed E-state index contributed by atoms with van der Waals surface area (Å²) < 4.78 is 41.1. The van der Waals surface area contributed by atoms with Crippen molar-refractivity contribution in [2.75, 3.05) is 13.1 Å². The van der Waals surface area contributed by atoms with Crippen molar-refractivity contribution in [1.29, 1.82) is 0 Å². The van der Waals surface area contributed by atoms with E-state index in [4.69, 9.17) is 0 Å². The molecule has 4 rings (SSSR count). The molecule has 3 aromatic rings. The van der Waals surface area contributed by atoms with Gasteiger partial charge in [-0.25, -0.2) is 13.2 Å². The summed E-state index contributed by atoms with van der Waals surface area (Å²) in [6, 6.07) is 5.21. The molecule has 0 saturated carbocycles. The molecule has 9 heteroatoms. The molecule has 0 spiro atoms. The van der Waals surface area contributed by atoms with Crippen molar-refractivity contribution in [2.24, 2.45) is 5.92 Å². The monoisotopic (exact) mass is 404 g/mol. The SMILES string of the molecule is CC(O)C1CN(C(=O)Cn2ncc3ncc(-c4ccc(F)c(C(F)F)c4)cc32)C1. The van der Waals surface area contributed by atoms with Crippen LogP contribution in [-0.4, -0.2) is 49.9 Å². The molecule has 1 unspecified atom stereocenters. The third-order valence-electron chi connectivity index (χ3n) is 5.29. The van der Waals surface area contributed by atoms with Gasteiger partial charge in [0.2, 0.25) is 5.91 Å². The summed E-state index contributed by atoms with van der Waals surface area (Å²) in [6.45, 7) is 2.72. The molecule has 1 fully saturated rings. The van der Waals surface area contributed by atoms with Crippen molar-refractivity contribution in [3.05, 3.63) is 48.0 Å². The number of aliphatic hydroxyl groups is 1. The topological polar surface area (TPSA) is 71.2 Å². The lowest BCUT2D eigenvalue weighted by atomic mass is 9.95. The van der Waals surface area contributed by atoms with Gasteiger partial charge in [0, 0.05) is 30.8 Å². The highest BCUT2D eigenvalue weighted by atomic mass is 19.3. The molecule has 3 heterocycles. The molecule has 1 saturated heterocycles. The quantitative estimate of drug-likeness (QED) is 0.710. The number of nitrogens with zero attached hydrogens (tertiary/aromatic N) is 4. The van der Waals surface area contributed by atoms with Crippen LogP contribution in [0.15, 0.2) is 36.7 Å². The van der Waals surface area contributed by atoms with Crippen LogP contribution in [0.5, 0.6) is 0 Å². The number of hydrogen-bond acceptors (Lipinski definition) is 4. The summed E-state index contributed by atoms with van der Waals surface area (Å²) in [4.78, 5) is 18.4. The Morgan fingerprint density at radius 3 is 2.69 bits per heavy atom. The predicted octanol–water partition coefficient (Wildman–Crippen LogP) is 3.01. The van der Waals surface area contributed by atoms with Gasteiger partial charge in [-0.15, -0.1) is 0 Å². The highest BCUT2D eigenvalue weighted by molar-refractivity contribution is 5.83. The van der Waals surface area contributed by atoms with Crippen molar-refractivity contribution < 1.29 is 23.1 Å². The van der Waals surface area contributed by atoms with Gasteiger partial charge in [0.1, 0.15) is 17.9 Å². The largest absolute Gasteiger partial charge is 0.393 e. The normalized spacial score (nSPS) is 15.7. The van der Waals surface area contributed by atoms with E-state index in [9.17, 15) is 23.1 Å². The molecule has 0 radical (unpaired) electrons. The van der Waals surface area contributed by atoms with Crippen molar-refractivity contribution in [3.8, 4) is 11.1 Å². The van der Waals surface area contributed by atoms with Gasteiger partial charge < -0.3 is 10.0 Å². The lowest BCUT2D eigenvalue weighted by molar-refractivity contribution is -0.140. The zero-order chi connectivity index (χ0) is 20.7. The molecule has 1 amide bonds. The summed E-state index contributed by atoms with van der Waals surface area (Å²) in [7, 11) is 0. The van der Waals surface area contributed by atoms with E-state index in [0.29, 0.717) is 35.2 Å². The molecular formula is C20H19F3N4O2. The fourth-order valence-corrected chi connectivity index (χ4v) is 3.38. The number of halogens is 3. The molecule has 0 aliphatic carbocycles. The number of fused-ring (bicyclic) bond motifs is 1. The molecule has 1 atom stereocenters. The Hall–Kier alpha value is -2.94. The zero-order valence-electron chi connectivity index (χ0n) is 15.6. The zero-order valence-corrected chi connectivity index (χ0v) is 15.6. The van der Waals surface area contributed by atoms with E-state index in [1.807, 2.05) is 0 Å². The van der Waals surface area contributed by atoms with Crippen LogP contribution in [0.3, 0.4) is 0 Å². The second-order valence-corrected chi connectivity index (χ2v) is 7.27. The van der Waals surface area contributed by atoms with Crippen LogP contribution in [0.4, 0.5) is 13.2 Å². The minimum Gasteiger partial charge on any atom is -0.393 e. The number of alkyl halides is 2. The number of pyridine rings is 1.